The van der Waals surface area contributed by atoms with E-state index in [1.54, 1.807) is 10.9 Å². The molecule has 1 aromatic carbocycles. The lowest BCUT2D eigenvalue weighted by Crippen LogP contribution is -2.41. The highest BCUT2D eigenvalue weighted by Gasteiger charge is 2.32. The molecule has 3 heterocycles. The fourth-order valence-electron chi connectivity index (χ4n) is 3.83. The highest BCUT2D eigenvalue weighted by atomic mass is 32.2. The van der Waals surface area contributed by atoms with E-state index in [1.807, 2.05) is 26.1 Å². The molecule has 0 atom stereocenters. The number of nitriles is 1. The molecule has 31 heavy (non-hydrogen) atoms. The Kier molecular flexibility index (Phi) is 5.47. The number of rotatable bonds is 4. The number of anilines is 1. The van der Waals surface area contributed by atoms with Crippen molar-refractivity contribution in [1.82, 2.24) is 19.1 Å². The molecule has 0 aliphatic carbocycles. The van der Waals surface area contributed by atoms with Crippen molar-refractivity contribution in [2.45, 2.75) is 24.7 Å². The van der Waals surface area contributed by atoms with E-state index in [2.05, 4.69) is 15.4 Å². The van der Waals surface area contributed by atoms with Gasteiger partial charge in [0.1, 0.15) is 0 Å². The third kappa shape index (κ3) is 4.02. The van der Waals surface area contributed by atoms with Crippen LogP contribution in [-0.4, -0.2) is 46.5 Å². The van der Waals surface area contributed by atoms with Gasteiger partial charge in [-0.2, -0.15) is 14.7 Å². The van der Waals surface area contributed by atoms with E-state index in [0.717, 1.165) is 16.7 Å². The molecule has 2 aromatic heterocycles. The molecule has 1 N–H and O–H groups in total. The molecule has 0 saturated carbocycles. The van der Waals surface area contributed by atoms with E-state index in [-0.39, 0.29) is 29.8 Å². The van der Waals surface area contributed by atoms with Crippen LogP contribution in [0.25, 0.3) is 11.0 Å². The summed E-state index contributed by atoms with van der Waals surface area (Å²) in [4.78, 5) is 17.3. The minimum absolute atomic E-state index is 0.141. The second-order valence-corrected chi connectivity index (χ2v) is 9.55. The highest BCUT2D eigenvalue weighted by molar-refractivity contribution is 7.89. The van der Waals surface area contributed by atoms with Crippen molar-refractivity contribution >= 4 is 32.7 Å². The third-order valence-corrected chi connectivity index (χ3v) is 7.49. The number of carbonyl (C=O) groups is 1. The molecule has 10 heteroatoms. The summed E-state index contributed by atoms with van der Waals surface area (Å²) in [5, 5.41) is 17.0. The van der Waals surface area contributed by atoms with Gasteiger partial charge in [0.2, 0.25) is 15.9 Å². The first-order valence-electron chi connectivity index (χ1n) is 9.90. The number of nitrogens with one attached hydrogen (secondary N) is 1. The van der Waals surface area contributed by atoms with Crippen LogP contribution in [0.3, 0.4) is 0 Å². The monoisotopic (exact) mass is 438 g/mol. The number of aromatic nitrogens is 3. The maximum Gasteiger partial charge on any atom is 0.243 e. The molecule has 4 rings (SSSR count). The first-order chi connectivity index (χ1) is 14.8. The zero-order valence-corrected chi connectivity index (χ0v) is 18.1. The molecular formula is C21H22N6O3S. The molecule has 1 amide bonds. The van der Waals surface area contributed by atoms with E-state index in [0.29, 0.717) is 24.1 Å². The van der Waals surface area contributed by atoms with Gasteiger partial charge in [-0.1, -0.05) is 0 Å². The Bertz CT molecular complexity index is 1280. The predicted molar refractivity (Wildman–Crippen MR) is 115 cm³/mol. The Hall–Kier alpha value is -3.29. The van der Waals surface area contributed by atoms with Gasteiger partial charge in [-0.3, -0.25) is 9.48 Å². The summed E-state index contributed by atoms with van der Waals surface area (Å²) in [6, 6.07) is 9.69. The number of aryl methyl sites for hydroxylation is 2. The van der Waals surface area contributed by atoms with Gasteiger partial charge in [-0.25, -0.2) is 13.4 Å². The fourth-order valence-corrected chi connectivity index (χ4v) is 5.30. The molecule has 160 valence electrons. The number of hydrogen-bond acceptors (Lipinski definition) is 6. The van der Waals surface area contributed by atoms with Crippen LogP contribution in [0.5, 0.6) is 0 Å². The van der Waals surface area contributed by atoms with Gasteiger partial charge < -0.3 is 5.32 Å². The van der Waals surface area contributed by atoms with Crippen molar-refractivity contribution in [1.29, 1.82) is 5.26 Å². The van der Waals surface area contributed by atoms with Crippen LogP contribution >= 0.6 is 0 Å². The summed E-state index contributed by atoms with van der Waals surface area (Å²) in [5.74, 6) is -0.420. The number of pyridine rings is 1. The molecule has 1 aliphatic rings. The van der Waals surface area contributed by atoms with E-state index in [1.165, 1.54) is 28.6 Å². The van der Waals surface area contributed by atoms with Gasteiger partial charge in [0.05, 0.1) is 34.1 Å². The van der Waals surface area contributed by atoms with Crippen LogP contribution in [0.15, 0.2) is 41.4 Å². The van der Waals surface area contributed by atoms with Crippen LogP contribution < -0.4 is 5.32 Å². The van der Waals surface area contributed by atoms with Crippen molar-refractivity contribution in [3.63, 3.8) is 0 Å². The lowest BCUT2D eigenvalue weighted by Gasteiger charge is -2.30. The molecule has 3 aromatic rings. The minimum Gasteiger partial charge on any atom is -0.324 e. The van der Waals surface area contributed by atoms with Crippen molar-refractivity contribution in [3.05, 3.63) is 47.8 Å². The van der Waals surface area contributed by atoms with Crippen LogP contribution in [0.1, 0.15) is 24.1 Å². The van der Waals surface area contributed by atoms with Crippen LogP contribution in [-0.2, 0) is 21.9 Å². The molecule has 1 aliphatic heterocycles. The maximum atomic E-state index is 12.8. The zero-order valence-electron chi connectivity index (χ0n) is 17.2. The summed E-state index contributed by atoms with van der Waals surface area (Å²) >= 11 is 0. The second kappa shape index (κ2) is 8.09. The van der Waals surface area contributed by atoms with Crippen molar-refractivity contribution in [2.75, 3.05) is 18.4 Å². The summed E-state index contributed by atoms with van der Waals surface area (Å²) in [5.41, 5.74) is 2.59. The predicted octanol–water partition coefficient (Wildman–Crippen LogP) is 2.19. The van der Waals surface area contributed by atoms with Crippen LogP contribution in [0.2, 0.25) is 0 Å². The van der Waals surface area contributed by atoms with Gasteiger partial charge in [-0.05, 0) is 50.1 Å². The molecule has 0 spiro atoms. The zero-order chi connectivity index (χ0) is 22.2. The SMILES string of the molecule is Cc1nn(C)c2ncc(NC(=O)C3CCN(S(=O)(=O)c4ccc(C#N)cc4)CC3)cc12. The number of hydrogen-bond donors (Lipinski definition) is 1. The summed E-state index contributed by atoms with van der Waals surface area (Å²) in [7, 11) is -1.83. The fraction of sp³-hybridized carbons (Fsp3) is 0.333. The molecular weight excluding hydrogens is 416 g/mol. The Morgan fingerprint density at radius 2 is 1.90 bits per heavy atom. The summed E-state index contributed by atoms with van der Waals surface area (Å²) in [6.07, 6.45) is 2.47. The maximum absolute atomic E-state index is 12.8. The molecule has 0 unspecified atom stereocenters. The first kappa shape index (κ1) is 21.0. The van der Waals surface area contributed by atoms with E-state index in [9.17, 15) is 13.2 Å². The van der Waals surface area contributed by atoms with E-state index >= 15 is 0 Å². The van der Waals surface area contributed by atoms with Crippen molar-refractivity contribution in [2.24, 2.45) is 13.0 Å². The Morgan fingerprint density at radius 3 is 2.55 bits per heavy atom. The largest absolute Gasteiger partial charge is 0.324 e. The molecule has 1 fully saturated rings. The quantitative estimate of drug-likeness (QED) is 0.666. The summed E-state index contributed by atoms with van der Waals surface area (Å²) < 4.78 is 28.8. The van der Waals surface area contributed by atoms with Gasteiger partial charge in [-0.15, -0.1) is 0 Å². The molecule has 0 bridgehead atoms. The number of nitrogens with zero attached hydrogens (tertiary/aromatic N) is 5. The number of carbonyl (C=O) groups excluding carboxylic acids is 1. The first-order valence-corrected chi connectivity index (χ1v) is 11.3. The summed E-state index contributed by atoms with van der Waals surface area (Å²) in [6.45, 7) is 2.42. The van der Waals surface area contributed by atoms with Gasteiger partial charge in [0, 0.05) is 31.4 Å². The number of piperidine rings is 1. The minimum atomic E-state index is -3.65. The normalized spacial score (nSPS) is 15.6. The van der Waals surface area contributed by atoms with E-state index < -0.39 is 10.0 Å². The Labute approximate surface area is 180 Å². The van der Waals surface area contributed by atoms with Gasteiger partial charge >= 0.3 is 0 Å². The average molecular weight is 439 g/mol. The molecule has 0 radical (unpaired) electrons. The van der Waals surface area contributed by atoms with Gasteiger partial charge in [0.15, 0.2) is 5.65 Å². The van der Waals surface area contributed by atoms with Crippen LogP contribution in [0.4, 0.5) is 5.69 Å². The molecule has 1 saturated heterocycles. The number of benzene rings is 1. The van der Waals surface area contributed by atoms with Crippen molar-refractivity contribution < 1.29 is 13.2 Å². The standard InChI is InChI=1S/C21H22N6O3S/c1-14-19-11-17(13-23-20(19)26(2)25-14)24-21(28)16-7-9-27(10-8-16)31(29,30)18-5-3-15(12-22)4-6-18/h3-6,11,13,16H,7-10H2,1-2H3,(H,24,28). The smallest absolute Gasteiger partial charge is 0.243 e. The Morgan fingerprint density at radius 1 is 1.23 bits per heavy atom. The lowest BCUT2D eigenvalue weighted by atomic mass is 9.97. The van der Waals surface area contributed by atoms with Gasteiger partial charge in [0.25, 0.3) is 0 Å². The second-order valence-electron chi connectivity index (χ2n) is 7.61. The molecule has 9 nitrogen and oxygen atoms in total. The third-order valence-electron chi connectivity index (χ3n) is 5.58. The topological polar surface area (TPSA) is 121 Å². The average Bonchev–Trinajstić information content (AvgIpc) is 3.06. The number of fused-ring (bicyclic) bond motifs is 1. The van der Waals surface area contributed by atoms with Crippen molar-refractivity contribution in [3.8, 4) is 6.07 Å². The van der Waals surface area contributed by atoms with Crippen LogP contribution in [0, 0.1) is 24.2 Å². The lowest BCUT2D eigenvalue weighted by molar-refractivity contribution is -0.120. The highest BCUT2D eigenvalue weighted by Crippen LogP contribution is 2.26. The number of amides is 1. The Balaban J connectivity index is 1.40. The van der Waals surface area contributed by atoms with E-state index in [4.69, 9.17) is 5.26 Å². The number of sulfonamides is 1.